The molecule has 30 heavy (non-hydrogen) atoms. The van der Waals surface area contributed by atoms with Gasteiger partial charge in [0.1, 0.15) is 0 Å². The summed E-state index contributed by atoms with van der Waals surface area (Å²) in [6.45, 7) is 2.67. The van der Waals surface area contributed by atoms with Gasteiger partial charge in [0, 0.05) is 43.2 Å². The summed E-state index contributed by atoms with van der Waals surface area (Å²) in [5, 5.41) is 2.96. The Kier molecular flexibility index (Phi) is 4.93. The molecule has 0 aliphatic carbocycles. The van der Waals surface area contributed by atoms with Crippen LogP contribution in [0.4, 0.5) is 5.95 Å². The first-order chi connectivity index (χ1) is 14.8. The standard InChI is InChI=1S/C23H22N4O3/c28-22(24-12-16-6-7-20-21(10-16)30-15-29-20)18-5-3-4-17(11-18)19-13-25-23(26-14-19)27-8-1-2-9-27/h3-7,10-11,13-14H,1-2,8-9,12,15H2,(H,24,28). The first-order valence-electron chi connectivity index (χ1n) is 10.1. The fourth-order valence-electron chi connectivity index (χ4n) is 3.73. The lowest BCUT2D eigenvalue weighted by atomic mass is 10.1. The maximum atomic E-state index is 12.7. The molecule has 3 heterocycles. The minimum absolute atomic E-state index is 0.135. The van der Waals surface area contributed by atoms with Crippen molar-refractivity contribution >= 4 is 11.9 Å². The predicted molar refractivity (Wildman–Crippen MR) is 113 cm³/mol. The monoisotopic (exact) mass is 402 g/mol. The van der Waals surface area contributed by atoms with Gasteiger partial charge in [0.2, 0.25) is 12.7 Å². The van der Waals surface area contributed by atoms with Gasteiger partial charge in [-0.2, -0.15) is 0 Å². The predicted octanol–water partition coefficient (Wildman–Crippen LogP) is 3.40. The molecule has 7 heteroatoms. The molecule has 0 spiro atoms. The highest BCUT2D eigenvalue weighted by atomic mass is 16.7. The Balaban J connectivity index is 1.26. The number of aromatic nitrogens is 2. The summed E-state index contributed by atoms with van der Waals surface area (Å²) >= 11 is 0. The highest BCUT2D eigenvalue weighted by Crippen LogP contribution is 2.32. The molecule has 3 aromatic rings. The molecule has 2 aliphatic heterocycles. The molecule has 2 aromatic carbocycles. The Morgan fingerprint density at radius 3 is 2.60 bits per heavy atom. The Bertz CT molecular complexity index is 1060. The van der Waals surface area contributed by atoms with Crippen molar-refractivity contribution < 1.29 is 14.3 Å². The minimum atomic E-state index is -0.135. The van der Waals surface area contributed by atoms with Crippen molar-refractivity contribution in [2.24, 2.45) is 0 Å². The quantitative estimate of drug-likeness (QED) is 0.705. The summed E-state index contributed by atoms with van der Waals surface area (Å²) in [4.78, 5) is 23.9. The van der Waals surface area contributed by atoms with Gasteiger partial charge in [-0.1, -0.05) is 18.2 Å². The van der Waals surface area contributed by atoms with Crippen LogP contribution in [0.3, 0.4) is 0 Å². The maximum Gasteiger partial charge on any atom is 0.251 e. The highest BCUT2D eigenvalue weighted by Gasteiger charge is 2.16. The van der Waals surface area contributed by atoms with Crippen molar-refractivity contribution in [2.75, 3.05) is 24.8 Å². The van der Waals surface area contributed by atoms with Crippen molar-refractivity contribution in [1.29, 1.82) is 0 Å². The van der Waals surface area contributed by atoms with Crippen LogP contribution >= 0.6 is 0 Å². The van der Waals surface area contributed by atoms with Crippen molar-refractivity contribution in [3.63, 3.8) is 0 Å². The average molecular weight is 402 g/mol. The summed E-state index contributed by atoms with van der Waals surface area (Å²) in [5.41, 5.74) is 3.36. The van der Waals surface area contributed by atoms with Gasteiger partial charge in [-0.05, 0) is 48.2 Å². The Morgan fingerprint density at radius 1 is 0.967 bits per heavy atom. The lowest BCUT2D eigenvalue weighted by Crippen LogP contribution is -2.22. The van der Waals surface area contributed by atoms with Crippen LogP contribution in [0, 0.1) is 0 Å². The summed E-state index contributed by atoms with van der Waals surface area (Å²) in [5.74, 6) is 2.08. The van der Waals surface area contributed by atoms with E-state index in [1.54, 1.807) is 6.07 Å². The molecule has 0 saturated carbocycles. The van der Waals surface area contributed by atoms with Crippen LogP contribution in [0.15, 0.2) is 54.9 Å². The van der Waals surface area contributed by atoms with Gasteiger partial charge in [0.05, 0.1) is 0 Å². The molecule has 0 radical (unpaired) electrons. The minimum Gasteiger partial charge on any atom is -0.454 e. The number of fused-ring (bicyclic) bond motifs is 1. The molecule has 1 amide bonds. The zero-order valence-electron chi connectivity index (χ0n) is 16.5. The van der Waals surface area contributed by atoms with E-state index in [2.05, 4.69) is 20.2 Å². The number of carbonyl (C=O) groups is 1. The number of amides is 1. The zero-order chi connectivity index (χ0) is 20.3. The number of nitrogens with zero attached hydrogens (tertiary/aromatic N) is 3. The molecule has 152 valence electrons. The number of rotatable bonds is 5. The lowest BCUT2D eigenvalue weighted by molar-refractivity contribution is 0.0951. The number of hydrogen-bond donors (Lipinski definition) is 1. The first kappa shape index (κ1) is 18.4. The molecule has 0 bridgehead atoms. The van der Waals surface area contributed by atoms with Crippen molar-refractivity contribution in [2.45, 2.75) is 19.4 Å². The third kappa shape index (κ3) is 3.78. The van der Waals surface area contributed by atoms with Crippen LogP contribution < -0.4 is 19.7 Å². The number of nitrogens with one attached hydrogen (secondary N) is 1. The number of carbonyl (C=O) groups excluding carboxylic acids is 1. The van der Waals surface area contributed by atoms with Crippen LogP contribution in [0.25, 0.3) is 11.1 Å². The zero-order valence-corrected chi connectivity index (χ0v) is 16.5. The third-order valence-corrected chi connectivity index (χ3v) is 5.38. The van der Waals surface area contributed by atoms with Crippen LogP contribution in [0.5, 0.6) is 11.5 Å². The van der Waals surface area contributed by atoms with Gasteiger partial charge >= 0.3 is 0 Å². The summed E-state index contributed by atoms with van der Waals surface area (Å²) in [6.07, 6.45) is 6.03. The van der Waals surface area contributed by atoms with E-state index in [0.717, 1.165) is 41.5 Å². The number of hydrogen-bond acceptors (Lipinski definition) is 6. The molecule has 1 saturated heterocycles. The van der Waals surface area contributed by atoms with E-state index >= 15 is 0 Å². The van der Waals surface area contributed by atoms with Crippen LogP contribution in [-0.4, -0.2) is 35.8 Å². The second kappa shape index (κ2) is 8.02. The van der Waals surface area contributed by atoms with E-state index in [9.17, 15) is 4.79 Å². The second-order valence-corrected chi connectivity index (χ2v) is 7.42. The molecule has 1 fully saturated rings. The van der Waals surface area contributed by atoms with Crippen molar-refractivity contribution in [1.82, 2.24) is 15.3 Å². The van der Waals surface area contributed by atoms with Gasteiger partial charge in [-0.3, -0.25) is 4.79 Å². The molecule has 1 aromatic heterocycles. The van der Waals surface area contributed by atoms with Crippen LogP contribution in [-0.2, 0) is 6.54 Å². The smallest absolute Gasteiger partial charge is 0.251 e. The molecule has 7 nitrogen and oxygen atoms in total. The van der Waals surface area contributed by atoms with E-state index in [4.69, 9.17) is 9.47 Å². The van der Waals surface area contributed by atoms with Crippen LogP contribution in [0.2, 0.25) is 0 Å². The molecular formula is C23H22N4O3. The second-order valence-electron chi connectivity index (χ2n) is 7.42. The molecule has 5 rings (SSSR count). The molecule has 2 aliphatic rings. The normalized spacial score (nSPS) is 14.7. The third-order valence-electron chi connectivity index (χ3n) is 5.38. The summed E-state index contributed by atoms with van der Waals surface area (Å²) in [6, 6.07) is 13.2. The molecule has 0 unspecified atom stereocenters. The Hall–Kier alpha value is -3.61. The highest BCUT2D eigenvalue weighted by molar-refractivity contribution is 5.95. The SMILES string of the molecule is O=C(NCc1ccc2c(c1)OCO2)c1cccc(-c2cnc(N3CCCC3)nc2)c1. The van der Waals surface area contributed by atoms with Gasteiger partial charge < -0.3 is 19.7 Å². The molecular weight excluding hydrogens is 380 g/mol. The van der Waals surface area contributed by atoms with Crippen molar-refractivity contribution in [3.8, 4) is 22.6 Å². The number of benzene rings is 2. The fraction of sp³-hybridized carbons (Fsp3) is 0.261. The van der Waals surface area contributed by atoms with E-state index < -0.39 is 0 Å². The topological polar surface area (TPSA) is 76.6 Å². The molecule has 0 atom stereocenters. The summed E-state index contributed by atoms with van der Waals surface area (Å²) < 4.78 is 10.7. The Morgan fingerprint density at radius 2 is 1.77 bits per heavy atom. The Labute approximate surface area is 174 Å². The van der Waals surface area contributed by atoms with Crippen molar-refractivity contribution in [3.05, 3.63) is 66.0 Å². The fourth-order valence-corrected chi connectivity index (χ4v) is 3.73. The summed E-state index contributed by atoms with van der Waals surface area (Å²) in [7, 11) is 0. The van der Waals surface area contributed by atoms with Gasteiger partial charge in [0.15, 0.2) is 11.5 Å². The first-order valence-corrected chi connectivity index (χ1v) is 10.1. The van der Waals surface area contributed by atoms with Gasteiger partial charge in [-0.25, -0.2) is 9.97 Å². The van der Waals surface area contributed by atoms with Gasteiger partial charge in [-0.15, -0.1) is 0 Å². The largest absolute Gasteiger partial charge is 0.454 e. The van der Waals surface area contributed by atoms with Gasteiger partial charge in [0.25, 0.3) is 5.91 Å². The van der Waals surface area contributed by atoms with Crippen LogP contribution in [0.1, 0.15) is 28.8 Å². The lowest BCUT2D eigenvalue weighted by Gasteiger charge is -2.14. The van der Waals surface area contributed by atoms with E-state index in [1.807, 2.05) is 48.8 Å². The van der Waals surface area contributed by atoms with E-state index in [-0.39, 0.29) is 12.7 Å². The maximum absolute atomic E-state index is 12.7. The van der Waals surface area contributed by atoms with E-state index in [1.165, 1.54) is 12.8 Å². The molecule has 1 N–H and O–H groups in total. The van der Waals surface area contributed by atoms with E-state index in [0.29, 0.717) is 17.9 Å². The average Bonchev–Trinajstić information content (AvgIpc) is 3.49. The number of ether oxygens (including phenoxy) is 2. The number of anilines is 1.